The first kappa shape index (κ1) is 16.5. The van der Waals surface area contributed by atoms with E-state index in [1.807, 2.05) is 13.0 Å². The van der Waals surface area contributed by atoms with Crippen molar-refractivity contribution < 1.29 is 4.79 Å². The summed E-state index contributed by atoms with van der Waals surface area (Å²) in [6.45, 7) is 2.94. The number of carbonyl (C=O) groups is 1. The van der Waals surface area contributed by atoms with Gasteiger partial charge in [0, 0.05) is 22.8 Å². The van der Waals surface area contributed by atoms with Crippen LogP contribution in [0.15, 0.2) is 36.8 Å². The highest BCUT2D eigenvalue weighted by Crippen LogP contribution is 2.21. The van der Waals surface area contributed by atoms with Crippen molar-refractivity contribution in [1.82, 2.24) is 24.5 Å². The molecule has 0 saturated carbocycles. The molecule has 0 radical (unpaired) electrons. The molecular weight excluding hydrogens is 351 g/mol. The smallest absolute Gasteiger partial charge is 0.276 e. The Morgan fingerprint density at radius 3 is 2.88 bits per heavy atom. The number of nitrogens with one attached hydrogen (secondary N) is 1. The van der Waals surface area contributed by atoms with Gasteiger partial charge in [0.05, 0.1) is 6.54 Å². The van der Waals surface area contributed by atoms with Gasteiger partial charge in [-0.15, -0.1) is 5.10 Å². The van der Waals surface area contributed by atoms with E-state index in [4.69, 9.17) is 23.2 Å². The van der Waals surface area contributed by atoms with Crippen molar-refractivity contribution in [3.05, 3.63) is 58.1 Å². The van der Waals surface area contributed by atoms with E-state index in [9.17, 15) is 4.79 Å². The molecule has 3 aromatic rings. The van der Waals surface area contributed by atoms with Crippen molar-refractivity contribution in [3.63, 3.8) is 0 Å². The first-order chi connectivity index (χ1) is 11.6. The van der Waals surface area contributed by atoms with E-state index in [1.165, 1.54) is 6.33 Å². The summed E-state index contributed by atoms with van der Waals surface area (Å²) in [6, 6.07) is 6.89. The summed E-state index contributed by atoms with van der Waals surface area (Å²) in [4.78, 5) is 16.3. The van der Waals surface area contributed by atoms with Crippen LogP contribution >= 0.6 is 23.2 Å². The fraction of sp³-hybridized carbons (Fsp3) is 0.200. The quantitative estimate of drug-likeness (QED) is 0.754. The molecule has 1 amide bonds. The van der Waals surface area contributed by atoms with Crippen LogP contribution in [0, 0.1) is 0 Å². The lowest BCUT2D eigenvalue weighted by Crippen LogP contribution is -2.18. The van der Waals surface area contributed by atoms with Crippen LogP contribution in [-0.2, 0) is 13.1 Å². The number of benzene rings is 1. The van der Waals surface area contributed by atoms with Crippen LogP contribution in [0.1, 0.15) is 23.0 Å². The number of aryl methyl sites for hydroxylation is 1. The monoisotopic (exact) mass is 364 g/mol. The molecule has 0 fully saturated rings. The van der Waals surface area contributed by atoms with E-state index in [1.54, 1.807) is 33.8 Å². The highest BCUT2D eigenvalue weighted by Gasteiger charge is 2.13. The molecule has 1 N–H and O–H groups in total. The van der Waals surface area contributed by atoms with Crippen molar-refractivity contribution in [2.24, 2.45) is 0 Å². The van der Waals surface area contributed by atoms with E-state index < -0.39 is 0 Å². The molecule has 124 valence electrons. The van der Waals surface area contributed by atoms with Crippen LogP contribution < -0.4 is 5.32 Å². The third-order valence-electron chi connectivity index (χ3n) is 3.36. The Labute approximate surface area is 148 Å². The van der Waals surface area contributed by atoms with Gasteiger partial charge in [-0.3, -0.25) is 14.8 Å². The maximum absolute atomic E-state index is 12.2. The lowest BCUT2D eigenvalue weighted by Gasteiger charge is -2.05. The maximum Gasteiger partial charge on any atom is 0.276 e. The van der Waals surface area contributed by atoms with Crippen molar-refractivity contribution in [2.45, 2.75) is 20.0 Å². The number of rotatable bonds is 5. The Morgan fingerprint density at radius 1 is 1.29 bits per heavy atom. The number of aromatic nitrogens is 5. The highest BCUT2D eigenvalue weighted by atomic mass is 35.5. The topological polar surface area (TPSA) is 77.6 Å². The fourth-order valence-electron chi connectivity index (χ4n) is 2.20. The first-order valence-electron chi connectivity index (χ1n) is 7.23. The second-order valence-electron chi connectivity index (χ2n) is 4.99. The van der Waals surface area contributed by atoms with Gasteiger partial charge in [0.2, 0.25) is 5.95 Å². The summed E-state index contributed by atoms with van der Waals surface area (Å²) in [5, 5.41) is 12.1. The Bertz CT molecular complexity index is 872. The molecule has 0 saturated heterocycles. The molecule has 0 spiro atoms. The number of anilines is 1. The van der Waals surface area contributed by atoms with Gasteiger partial charge in [0.15, 0.2) is 0 Å². The van der Waals surface area contributed by atoms with Gasteiger partial charge in [-0.05, 0) is 30.7 Å². The molecule has 7 nitrogen and oxygen atoms in total. The minimum atomic E-state index is -0.309. The predicted octanol–water partition coefficient (Wildman–Crippen LogP) is 3.10. The molecule has 24 heavy (non-hydrogen) atoms. The molecule has 0 aliphatic carbocycles. The zero-order valence-electron chi connectivity index (χ0n) is 12.8. The van der Waals surface area contributed by atoms with Crippen molar-refractivity contribution in [2.75, 3.05) is 5.32 Å². The van der Waals surface area contributed by atoms with Crippen LogP contribution in [0.5, 0.6) is 0 Å². The average Bonchev–Trinajstić information content (AvgIpc) is 3.19. The van der Waals surface area contributed by atoms with Crippen LogP contribution in [-0.4, -0.2) is 30.5 Å². The number of hydrogen-bond acceptors (Lipinski definition) is 4. The van der Waals surface area contributed by atoms with Gasteiger partial charge in [-0.25, -0.2) is 9.67 Å². The van der Waals surface area contributed by atoms with Gasteiger partial charge >= 0.3 is 0 Å². The molecule has 0 unspecified atom stereocenters. The molecular formula is C15H14Cl2N6O. The summed E-state index contributed by atoms with van der Waals surface area (Å²) in [6.07, 6.45) is 3.10. The molecule has 9 heteroatoms. The average molecular weight is 365 g/mol. The number of nitrogens with zero attached hydrogens (tertiary/aromatic N) is 5. The van der Waals surface area contributed by atoms with Crippen LogP contribution in [0.2, 0.25) is 10.0 Å². The predicted molar refractivity (Wildman–Crippen MR) is 91.4 cm³/mol. The normalized spacial score (nSPS) is 10.8. The van der Waals surface area contributed by atoms with Crippen LogP contribution in [0.3, 0.4) is 0 Å². The number of hydrogen-bond donors (Lipinski definition) is 1. The van der Waals surface area contributed by atoms with E-state index >= 15 is 0 Å². The minimum absolute atomic E-state index is 0.217. The molecule has 2 heterocycles. The van der Waals surface area contributed by atoms with E-state index in [2.05, 4.69) is 20.5 Å². The number of amides is 1. The van der Waals surface area contributed by atoms with Crippen molar-refractivity contribution in [3.8, 4) is 0 Å². The minimum Gasteiger partial charge on any atom is -0.288 e. The lowest BCUT2D eigenvalue weighted by molar-refractivity contribution is 0.101. The molecule has 2 aromatic heterocycles. The fourth-order valence-corrected chi connectivity index (χ4v) is 2.66. The van der Waals surface area contributed by atoms with Crippen LogP contribution in [0.4, 0.5) is 5.95 Å². The summed E-state index contributed by atoms with van der Waals surface area (Å²) in [5.74, 6) is -0.0921. The Morgan fingerprint density at radius 2 is 2.12 bits per heavy atom. The van der Waals surface area contributed by atoms with Gasteiger partial charge < -0.3 is 0 Å². The van der Waals surface area contributed by atoms with Crippen molar-refractivity contribution >= 4 is 35.1 Å². The Hall–Kier alpha value is -2.38. The SMILES string of the molecule is CCn1nccc1C(=O)Nc1ncn(Cc2ccc(Cl)cc2Cl)n1. The van der Waals surface area contributed by atoms with Gasteiger partial charge in [0.1, 0.15) is 12.0 Å². The zero-order valence-corrected chi connectivity index (χ0v) is 14.3. The number of halogens is 2. The summed E-state index contributed by atoms with van der Waals surface area (Å²) < 4.78 is 3.18. The second kappa shape index (κ2) is 7.02. The largest absolute Gasteiger partial charge is 0.288 e. The van der Waals surface area contributed by atoms with Gasteiger partial charge in [0.25, 0.3) is 5.91 Å². The van der Waals surface area contributed by atoms with Gasteiger partial charge in [-0.1, -0.05) is 29.3 Å². The molecule has 0 aliphatic rings. The summed E-state index contributed by atoms with van der Waals surface area (Å²) in [5.41, 5.74) is 1.31. The standard InChI is InChI=1S/C15H14Cl2N6O/c1-2-23-13(5-6-19-23)14(24)20-15-18-9-22(21-15)8-10-3-4-11(16)7-12(10)17/h3-7,9H,2,8H2,1H3,(H,20,21,24). The molecule has 0 atom stereocenters. The van der Waals surface area contributed by atoms with E-state index in [0.717, 1.165) is 5.56 Å². The van der Waals surface area contributed by atoms with Gasteiger partial charge in [-0.2, -0.15) is 5.10 Å². The Balaban J connectivity index is 1.70. The number of carbonyl (C=O) groups excluding carboxylic acids is 1. The highest BCUT2D eigenvalue weighted by molar-refractivity contribution is 6.35. The van der Waals surface area contributed by atoms with E-state index in [-0.39, 0.29) is 11.9 Å². The molecule has 0 bridgehead atoms. The third kappa shape index (κ3) is 3.58. The molecule has 3 rings (SSSR count). The van der Waals surface area contributed by atoms with E-state index in [0.29, 0.717) is 28.8 Å². The van der Waals surface area contributed by atoms with Crippen molar-refractivity contribution in [1.29, 1.82) is 0 Å². The molecule has 1 aromatic carbocycles. The summed E-state index contributed by atoms with van der Waals surface area (Å²) >= 11 is 12.0. The molecule has 0 aliphatic heterocycles. The third-order valence-corrected chi connectivity index (χ3v) is 3.94. The second-order valence-corrected chi connectivity index (χ2v) is 5.83. The first-order valence-corrected chi connectivity index (χ1v) is 7.99. The zero-order chi connectivity index (χ0) is 17.1. The summed E-state index contributed by atoms with van der Waals surface area (Å²) in [7, 11) is 0. The Kier molecular flexibility index (Phi) is 4.82. The lowest BCUT2D eigenvalue weighted by atomic mass is 10.2. The maximum atomic E-state index is 12.2. The van der Waals surface area contributed by atoms with Crippen LogP contribution in [0.25, 0.3) is 0 Å².